The molecule has 0 aliphatic heterocycles. The molecule has 0 amide bonds. The number of aliphatic hydroxyl groups is 1. The third kappa shape index (κ3) is 2.51. The molecule has 0 bridgehead atoms. The van der Waals surface area contributed by atoms with E-state index in [1.165, 1.54) is 0 Å². The van der Waals surface area contributed by atoms with E-state index in [9.17, 15) is 0 Å². The Morgan fingerprint density at radius 3 is 2.89 bits per heavy atom. The van der Waals surface area contributed by atoms with Crippen LogP contribution in [-0.2, 0) is 0 Å². The quantitative estimate of drug-likeness (QED) is 0.780. The minimum Gasteiger partial charge on any atom is -0.399 e. The molecule has 1 aromatic carbocycles. The Hall–Kier alpha value is -1.88. The van der Waals surface area contributed by atoms with Crippen LogP contribution in [0.3, 0.4) is 0 Å². The highest BCUT2D eigenvalue weighted by Crippen LogP contribution is 2.24. The summed E-state index contributed by atoms with van der Waals surface area (Å²) in [5.41, 5.74) is 7.41. The summed E-state index contributed by atoms with van der Waals surface area (Å²) in [4.78, 5) is 10.7. The number of fused-ring (bicyclic) bond motifs is 1. The van der Waals surface area contributed by atoms with Crippen molar-refractivity contribution in [2.24, 2.45) is 0 Å². The van der Waals surface area contributed by atoms with Crippen molar-refractivity contribution in [2.75, 3.05) is 30.3 Å². The van der Waals surface area contributed by atoms with Gasteiger partial charge in [0.05, 0.1) is 5.52 Å². The first kappa shape index (κ1) is 12.6. The molecule has 2 rings (SSSR count). The lowest BCUT2D eigenvalue weighted by atomic mass is 10.2. The van der Waals surface area contributed by atoms with Gasteiger partial charge in [-0.1, -0.05) is 0 Å². The first-order valence-electron chi connectivity index (χ1n) is 6.12. The van der Waals surface area contributed by atoms with E-state index in [1.807, 2.05) is 18.2 Å². The highest BCUT2D eigenvalue weighted by atomic mass is 16.3. The Morgan fingerprint density at radius 2 is 2.17 bits per heavy atom. The van der Waals surface area contributed by atoms with Crippen molar-refractivity contribution in [3.05, 3.63) is 24.5 Å². The van der Waals surface area contributed by atoms with E-state index >= 15 is 0 Å². The minimum atomic E-state index is 0.182. The normalized spacial score (nSPS) is 10.8. The summed E-state index contributed by atoms with van der Waals surface area (Å²) in [6.07, 6.45) is 2.29. The highest BCUT2D eigenvalue weighted by Gasteiger charge is 2.10. The molecule has 0 atom stereocenters. The second-order valence-electron chi connectivity index (χ2n) is 4.13. The Bertz CT molecular complexity index is 529. The zero-order valence-electron chi connectivity index (χ0n) is 10.5. The van der Waals surface area contributed by atoms with Crippen LogP contribution in [-0.4, -0.2) is 34.8 Å². The number of nitrogens with two attached hydrogens (primary N) is 1. The number of aromatic nitrogens is 2. The number of nitrogens with zero attached hydrogens (tertiary/aromatic N) is 3. The van der Waals surface area contributed by atoms with E-state index in [0.29, 0.717) is 5.69 Å². The maximum atomic E-state index is 8.94. The first-order valence-corrected chi connectivity index (χ1v) is 6.12. The monoisotopic (exact) mass is 246 g/mol. The molecule has 96 valence electrons. The fraction of sp³-hybridized carbons (Fsp3) is 0.385. The maximum Gasteiger partial charge on any atom is 0.139 e. The smallest absolute Gasteiger partial charge is 0.139 e. The minimum absolute atomic E-state index is 0.182. The molecule has 0 radical (unpaired) electrons. The molecule has 1 heterocycles. The van der Waals surface area contributed by atoms with Crippen LogP contribution in [0.5, 0.6) is 0 Å². The van der Waals surface area contributed by atoms with Crippen molar-refractivity contribution >= 4 is 22.4 Å². The molecule has 0 aliphatic carbocycles. The van der Waals surface area contributed by atoms with E-state index in [0.717, 1.165) is 36.2 Å². The standard InChI is InChI=1S/C13H18N4O/c1-2-17(6-3-7-18)13-11-8-10(14)4-5-12(11)15-9-16-13/h4-5,8-9,18H,2-3,6-7,14H2,1H3. The molecule has 0 saturated heterocycles. The lowest BCUT2D eigenvalue weighted by Gasteiger charge is -2.22. The van der Waals surface area contributed by atoms with Gasteiger partial charge in [0, 0.05) is 30.8 Å². The number of aliphatic hydroxyl groups excluding tert-OH is 1. The van der Waals surface area contributed by atoms with Crippen LogP contribution in [0, 0.1) is 0 Å². The largest absolute Gasteiger partial charge is 0.399 e. The van der Waals surface area contributed by atoms with Crippen LogP contribution in [0.2, 0.25) is 0 Å². The van der Waals surface area contributed by atoms with Crippen molar-refractivity contribution in [3.63, 3.8) is 0 Å². The van der Waals surface area contributed by atoms with Gasteiger partial charge in [0.2, 0.25) is 0 Å². The van der Waals surface area contributed by atoms with Crippen molar-refractivity contribution in [3.8, 4) is 0 Å². The Morgan fingerprint density at radius 1 is 1.33 bits per heavy atom. The summed E-state index contributed by atoms with van der Waals surface area (Å²) in [6, 6.07) is 5.63. The van der Waals surface area contributed by atoms with Gasteiger partial charge in [-0.05, 0) is 31.5 Å². The lowest BCUT2D eigenvalue weighted by Crippen LogP contribution is -2.25. The summed E-state index contributed by atoms with van der Waals surface area (Å²) >= 11 is 0. The Balaban J connectivity index is 2.44. The summed E-state index contributed by atoms with van der Waals surface area (Å²) in [6.45, 7) is 3.86. The molecule has 0 spiro atoms. The van der Waals surface area contributed by atoms with Gasteiger partial charge in [-0.3, -0.25) is 0 Å². The number of nitrogen functional groups attached to an aromatic ring is 1. The summed E-state index contributed by atoms with van der Waals surface area (Å²) in [5, 5.41) is 9.89. The highest BCUT2D eigenvalue weighted by molar-refractivity contribution is 5.91. The van der Waals surface area contributed by atoms with Crippen LogP contribution < -0.4 is 10.6 Å². The zero-order valence-corrected chi connectivity index (χ0v) is 10.5. The van der Waals surface area contributed by atoms with Gasteiger partial charge in [0.15, 0.2) is 0 Å². The van der Waals surface area contributed by atoms with Crippen molar-refractivity contribution in [1.82, 2.24) is 9.97 Å². The van der Waals surface area contributed by atoms with Crippen molar-refractivity contribution in [2.45, 2.75) is 13.3 Å². The molecule has 1 aromatic heterocycles. The molecule has 18 heavy (non-hydrogen) atoms. The van der Waals surface area contributed by atoms with Gasteiger partial charge < -0.3 is 15.7 Å². The van der Waals surface area contributed by atoms with Gasteiger partial charge in [-0.2, -0.15) is 0 Å². The van der Waals surface area contributed by atoms with Gasteiger partial charge >= 0.3 is 0 Å². The van der Waals surface area contributed by atoms with Crippen LogP contribution in [0.15, 0.2) is 24.5 Å². The van der Waals surface area contributed by atoms with Crippen LogP contribution >= 0.6 is 0 Å². The molecule has 0 saturated carbocycles. The molecule has 0 unspecified atom stereocenters. The predicted molar refractivity (Wildman–Crippen MR) is 73.5 cm³/mol. The molecule has 0 aliphatic rings. The third-order valence-electron chi connectivity index (χ3n) is 2.91. The number of hydrogen-bond acceptors (Lipinski definition) is 5. The van der Waals surface area contributed by atoms with E-state index in [4.69, 9.17) is 10.8 Å². The van der Waals surface area contributed by atoms with Gasteiger partial charge in [-0.15, -0.1) is 0 Å². The van der Waals surface area contributed by atoms with Crippen LogP contribution in [0.4, 0.5) is 11.5 Å². The average Bonchev–Trinajstić information content (AvgIpc) is 2.40. The second-order valence-corrected chi connectivity index (χ2v) is 4.13. The average molecular weight is 246 g/mol. The van der Waals surface area contributed by atoms with Gasteiger partial charge in [0.1, 0.15) is 12.1 Å². The summed E-state index contributed by atoms with van der Waals surface area (Å²) in [5.74, 6) is 0.878. The number of hydrogen-bond donors (Lipinski definition) is 2. The summed E-state index contributed by atoms with van der Waals surface area (Å²) < 4.78 is 0. The number of anilines is 2. The lowest BCUT2D eigenvalue weighted by molar-refractivity contribution is 0.289. The van der Waals surface area contributed by atoms with E-state index in [-0.39, 0.29) is 6.61 Å². The zero-order chi connectivity index (χ0) is 13.0. The molecule has 2 aromatic rings. The van der Waals surface area contributed by atoms with Crippen molar-refractivity contribution < 1.29 is 5.11 Å². The summed E-state index contributed by atoms with van der Waals surface area (Å²) in [7, 11) is 0. The van der Waals surface area contributed by atoms with Gasteiger partial charge in [0.25, 0.3) is 0 Å². The molecular formula is C13H18N4O. The molecular weight excluding hydrogens is 228 g/mol. The fourth-order valence-corrected chi connectivity index (χ4v) is 1.99. The van der Waals surface area contributed by atoms with Crippen molar-refractivity contribution in [1.29, 1.82) is 0 Å². The number of rotatable bonds is 5. The van der Waals surface area contributed by atoms with Crippen LogP contribution in [0.1, 0.15) is 13.3 Å². The SMILES string of the molecule is CCN(CCCO)c1ncnc2ccc(N)cc12. The van der Waals surface area contributed by atoms with Crippen LogP contribution in [0.25, 0.3) is 10.9 Å². The van der Waals surface area contributed by atoms with E-state index in [2.05, 4.69) is 21.8 Å². The molecule has 0 fully saturated rings. The van der Waals surface area contributed by atoms with E-state index < -0.39 is 0 Å². The second kappa shape index (κ2) is 5.64. The molecule has 3 N–H and O–H groups in total. The van der Waals surface area contributed by atoms with Gasteiger partial charge in [-0.25, -0.2) is 9.97 Å². The number of benzene rings is 1. The Kier molecular flexibility index (Phi) is 3.94. The predicted octanol–water partition coefficient (Wildman–Crippen LogP) is 1.42. The van der Waals surface area contributed by atoms with E-state index in [1.54, 1.807) is 6.33 Å². The maximum absolute atomic E-state index is 8.94. The third-order valence-corrected chi connectivity index (χ3v) is 2.91. The Labute approximate surface area is 106 Å². The molecule has 5 heteroatoms. The first-order chi connectivity index (χ1) is 8.76. The fourth-order valence-electron chi connectivity index (χ4n) is 1.99. The molecule has 5 nitrogen and oxygen atoms in total. The topological polar surface area (TPSA) is 75.3 Å².